The number of hydrogen-bond donors (Lipinski definition) is 2. The minimum absolute atomic E-state index is 0.203. The zero-order valence-electron chi connectivity index (χ0n) is 14.8. The van der Waals surface area contributed by atoms with Gasteiger partial charge in [-0.15, -0.1) is 0 Å². The first-order chi connectivity index (χ1) is 13.1. The van der Waals surface area contributed by atoms with E-state index in [-0.39, 0.29) is 11.7 Å². The minimum Gasteiger partial charge on any atom is -0.478 e. The molecule has 1 amide bonds. The van der Waals surface area contributed by atoms with Crippen LogP contribution in [0.3, 0.4) is 0 Å². The summed E-state index contributed by atoms with van der Waals surface area (Å²) in [6, 6.07) is 19.9. The van der Waals surface area contributed by atoms with Crippen molar-refractivity contribution in [1.82, 2.24) is 0 Å². The average Bonchev–Trinajstić information content (AvgIpc) is 3.17. The Bertz CT molecular complexity index is 986. The van der Waals surface area contributed by atoms with E-state index in [0.29, 0.717) is 29.0 Å². The Morgan fingerprint density at radius 3 is 2.52 bits per heavy atom. The molecular weight excluding hydrogens is 342 g/mol. The molecule has 5 nitrogen and oxygen atoms in total. The largest absolute Gasteiger partial charge is 0.478 e. The second-order valence-corrected chi connectivity index (χ2v) is 5.94. The summed E-state index contributed by atoms with van der Waals surface area (Å²) in [5.41, 5.74) is 2.46. The first-order valence-electron chi connectivity index (χ1n) is 8.57. The monoisotopic (exact) mass is 361 g/mol. The third-order valence-corrected chi connectivity index (χ3v) is 4.03. The number of aliphatic carboxylic acids is 1. The molecule has 0 unspecified atom stereocenters. The van der Waals surface area contributed by atoms with Gasteiger partial charge in [-0.05, 0) is 42.3 Å². The summed E-state index contributed by atoms with van der Waals surface area (Å²) >= 11 is 0. The van der Waals surface area contributed by atoms with Crippen molar-refractivity contribution >= 4 is 23.6 Å². The number of hydrogen-bond acceptors (Lipinski definition) is 3. The molecule has 0 saturated carbocycles. The number of furan rings is 1. The lowest BCUT2D eigenvalue weighted by Crippen LogP contribution is -2.10. The summed E-state index contributed by atoms with van der Waals surface area (Å²) < 4.78 is 5.65. The Morgan fingerprint density at radius 1 is 1.04 bits per heavy atom. The maximum atomic E-state index is 12.4. The fourth-order valence-electron chi connectivity index (χ4n) is 2.63. The molecule has 136 valence electrons. The molecule has 27 heavy (non-hydrogen) atoms. The normalized spacial score (nSPS) is 11.2. The van der Waals surface area contributed by atoms with Gasteiger partial charge in [0.15, 0.2) is 5.76 Å². The number of carbonyl (C=O) groups is 2. The van der Waals surface area contributed by atoms with E-state index < -0.39 is 5.97 Å². The quantitative estimate of drug-likeness (QED) is 0.600. The van der Waals surface area contributed by atoms with Gasteiger partial charge in [0.1, 0.15) is 5.76 Å². The molecule has 2 N–H and O–H groups in total. The highest BCUT2D eigenvalue weighted by atomic mass is 16.4. The SMILES string of the molecule is CC/C(=C\c1cccc(NC(=O)c2ccc(-c3ccccc3)o2)c1)C(=O)O. The number of amides is 1. The van der Waals surface area contributed by atoms with E-state index in [1.807, 2.05) is 30.3 Å². The Balaban J connectivity index is 1.76. The van der Waals surface area contributed by atoms with E-state index in [4.69, 9.17) is 9.52 Å². The van der Waals surface area contributed by atoms with E-state index in [1.165, 1.54) is 0 Å². The highest BCUT2D eigenvalue weighted by molar-refractivity contribution is 6.02. The Kier molecular flexibility index (Phi) is 5.52. The van der Waals surface area contributed by atoms with Crippen LogP contribution in [0, 0.1) is 0 Å². The highest BCUT2D eigenvalue weighted by Crippen LogP contribution is 2.23. The Hall–Kier alpha value is -3.60. The van der Waals surface area contributed by atoms with Crippen molar-refractivity contribution in [3.8, 4) is 11.3 Å². The standard InChI is InChI=1S/C22H19NO4/c1-2-16(22(25)26)13-15-7-6-10-18(14-15)23-21(24)20-12-11-19(27-20)17-8-4-3-5-9-17/h3-14H,2H2,1H3,(H,23,24)(H,25,26)/b16-13+. The number of benzene rings is 2. The van der Waals surface area contributed by atoms with Crippen LogP contribution in [0.2, 0.25) is 0 Å². The smallest absolute Gasteiger partial charge is 0.331 e. The van der Waals surface area contributed by atoms with E-state index in [0.717, 1.165) is 5.56 Å². The average molecular weight is 361 g/mol. The van der Waals surface area contributed by atoms with Crippen molar-refractivity contribution in [3.63, 3.8) is 0 Å². The summed E-state index contributed by atoms with van der Waals surface area (Å²) in [6.07, 6.45) is 2.01. The third kappa shape index (κ3) is 4.52. The van der Waals surface area contributed by atoms with Crippen LogP contribution in [-0.4, -0.2) is 17.0 Å². The highest BCUT2D eigenvalue weighted by Gasteiger charge is 2.13. The van der Waals surface area contributed by atoms with E-state index in [9.17, 15) is 9.59 Å². The molecule has 0 spiro atoms. The molecule has 3 aromatic rings. The maximum absolute atomic E-state index is 12.4. The van der Waals surface area contributed by atoms with Gasteiger partial charge in [0.05, 0.1) is 0 Å². The molecule has 0 saturated heterocycles. The molecular formula is C22H19NO4. The fourth-order valence-corrected chi connectivity index (χ4v) is 2.63. The Morgan fingerprint density at radius 2 is 1.81 bits per heavy atom. The first kappa shape index (κ1) is 18.2. The lowest BCUT2D eigenvalue weighted by Gasteiger charge is -2.05. The summed E-state index contributed by atoms with van der Waals surface area (Å²) in [4.78, 5) is 23.6. The summed E-state index contributed by atoms with van der Waals surface area (Å²) in [6.45, 7) is 1.78. The van der Waals surface area contributed by atoms with E-state index in [1.54, 1.807) is 49.4 Å². The predicted molar refractivity (Wildman–Crippen MR) is 104 cm³/mol. The van der Waals surface area contributed by atoms with Crippen LogP contribution >= 0.6 is 0 Å². The lowest BCUT2D eigenvalue weighted by atomic mass is 10.1. The molecule has 0 radical (unpaired) electrons. The predicted octanol–water partition coefficient (Wildman–Crippen LogP) is 5.08. The number of carboxylic acid groups (broad SMARTS) is 1. The van der Waals surface area contributed by atoms with Crippen LogP contribution in [0.25, 0.3) is 17.4 Å². The minimum atomic E-state index is -0.948. The van der Waals surface area contributed by atoms with Crippen molar-refractivity contribution in [3.05, 3.63) is 83.6 Å². The van der Waals surface area contributed by atoms with Gasteiger partial charge in [-0.2, -0.15) is 0 Å². The molecule has 1 heterocycles. The van der Waals surface area contributed by atoms with Crippen molar-refractivity contribution < 1.29 is 19.1 Å². The molecule has 2 aromatic carbocycles. The lowest BCUT2D eigenvalue weighted by molar-refractivity contribution is -0.132. The van der Waals surface area contributed by atoms with E-state index >= 15 is 0 Å². The third-order valence-electron chi connectivity index (χ3n) is 4.03. The van der Waals surface area contributed by atoms with Gasteiger partial charge in [-0.25, -0.2) is 4.79 Å². The van der Waals surface area contributed by atoms with Crippen LogP contribution in [0.15, 0.2) is 76.7 Å². The molecule has 0 bridgehead atoms. The van der Waals surface area contributed by atoms with Gasteiger partial charge in [0, 0.05) is 16.8 Å². The zero-order valence-corrected chi connectivity index (χ0v) is 14.8. The first-order valence-corrected chi connectivity index (χ1v) is 8.57. The van der Waals surface area contributed by atoms with Gasteiger partial charge in [-0.1, -0.05) is 49.4 Å². The van der Waals surface area contributed by atoms with E-state index in [2.05, 4.69) is 5.32 Å². The van der Waals surface area contributed by atoms with Gasteiger partial charge < -0.3 is 14.8 Å². The number of nitrogens with one attached hydrogen (secondary N) is 1. The fraction of sp³-hybridized carbons (Fsp3) is 0.0909. The zero-order chi connectivity index (χ0) is 19.2. The second-order valence-electron chi connectivity index (χ2n) is 5.94. The van der Waals surface area contributed by atoms with Gasteiger partial charge >= 0.3 is 5.97 Å². The summed E-state index contributed by atoms with van der Waals surface area (Å²) in [7, 11) is 0. The molecule has 0 fully saturated rings. The molecule has 3 rings (SSSR count). The van der Waals surface area contributed by atoms with Crippen LogP contribution in [0.5, 0.6) is 0 Å². The molecule has 0 aliphatic rings. The van der Waals surface area contributed by atoms with Crippen molar-refractivity contribution in [2.24, 2.45) is 0 Å². The van der Waals surface area contributed by atoms with Gasteiger partial charge in [-0.3, -0.25) is 4.79 Å². The molecule has 1 aromatic heterocycles. The van der Waals surface area contributed by atoms with Gasteiger partial charge in [0.25, 0.3) is 5.91 Å². The molecule has 0 atom stereocenters. The van der Waals surface area contributed by atoms with Crippen LogP contribution in [-0.2, 0) is 4.79 Å². The number of carboxylic acids is 1. The maximum Gasteiger partial charge on any atom is 0.331 e. The van der Waals surface area contributed by atoms with Crippen molar-refractivity contribution in [2.45, 2.75) is 13.3 Å². The molecule has 5 heteroatoms. The summed E-state index contributed by atoms with van der Waals surface area (Å²) in [5.74, 6) is -0.496. The number of carbonyl (C=O) groups excluding carboxylic acids is 1. The van der Waals surface area contributed by atoms with Gasteiger partial charge in [0.2, 0.25) is 0 Å². The van der Waals surface area contributed by atoms with Crippen LogP contribution < -0.4 is 5.32 Å². The Labute approximate surface area is 157 Å². The number of rotatable bonds is 6. The number of anilines is 1. The summed E-state index contributed by atoms with van der Waals surface area (Å²) in [5, 5.41) is 11.9. The topological polar surface area (TPSA) is 79.5 Å². The van der Waals surface area contributed by atoms with Crippen LogP contribution in [0.1, 0.15) is 29.5 Å². The molecule has 0 aliphatic carbocycles. The molecule has 0 aliphatic heterocycles. The second kappa shape index (κ2) is 8.19. The van der Waals surface area contributed by atoms with Crippen LogP contribution in [0.4, 0.5) is 5.69 Å². The van der Waals surface area contributed by atoms with Crippen molar-refractivity contribution in [1.29, 1.82) is 0 Å². The van der Waals surface area contributed by atoms with Crippen molar-refractivity contribution in [2.75, 3.05) is 5.32 Å².